The Morgan fingerprint density at radius 2 is 1.94 bits per heavy atom. The smallest absolute Gasteiger partial charge is 0.431 e. The molecule has 3 nitrogen and oxygen atoms in total. The molecule has 0 saturated heterocycles. The maximum atomic E-state index is 11.5. The van der Waals surface area contributed by atoms with Crippen molar-refractivity contribution in [1.82, 2.24) is 0 Å². The molecular weight excluding hydrogens is 343 g/mol. The van der Waals surface area contributed by atoms with Crippen molar-refractivity contribution in [3.8, 4) is 0 Å². The zero-order chi connectivity index (χ0) is 13.4. The van der Waals surface area contributed by atoms with Crippen LogP contribution in [0.15, 0.2) is 24.3 Å². The molecule has 0 heterocycles. The van der Waals surface area contributed by atoms with Gasteiger partial charge in [-0.05, 0) is 53.1 Å². The Balaban J connectivity index is 2.34. The van der Waals surface area contributed by atoms with Gasteiger partial charge in [-0.1, -0.05) is 32.4 Å². The molecule has 0 fully saturated rings. The summed E-state index contributed by atoms with van der Waals surface area (Å²) >= 11 is 2.24. The van der Waals surface area contributed by atoms with E-state index in [9.17, 15) is 4.79 Å². The Labute approximate surface area is 122 Å². The van der Waals surface area contributed by atoms with Gasteiger partial charge in [0.25, 0.3) is 0 Å². The Morgan fingerprint density at radius 1 is 1.28 bits per heavy atom. The quantitative estimate of drug-likeness (QED) is 0.551. The highest BCUT2D eigenvalue weighted by Crippen LogP contribution is 2.10. The van der Waals surface area contributed by atoms with Crippen LogP contribution in [0, 0.1) is 3.57 Å². The number of carbonyl (C=O) groups excluding carboxylic acids is 1. The van der Waals surface area contributed by atoms with E-state index in [4.69, 9.17) is 9.47 Å². The second kappa shape index (κ2) is 8.34. The number of benzene rings is 1. The summed E-state index contributed by atoms with van der Waals surface area (Å²) in [5, 5.41) is 0. The van der Waals surface area contributed by atoms with Crippen LogP contribution in [0.25, 0.3) is 0 Å². The number of hydrogen-bond acceptors (Lipinski definition) is 3. The molecule has 1 rings (SSSR count). The van der Waals surface area contributed by atoms with Gasteiger partial charge in [0.05, 0.1) is 0 Å². The van der Waals surface area contributed by atoms with Crippen molar-refractivity contribution in [3.05, 3.63) is 33.4 Å². The van der Waals surface area contributed by atoms with Crippen molar-refractivity contribution >= 4 is 28.7 Å². The van der Waals surface area contributed by atoms with Gasteiger partial charge in [0.2, 0.25) is 0 Å². The molecule has 0 bridgehead atoms. The maximum Gasteiger partial charge on any atom is 0.508 e. The first kappa shape index (κ1) is 15.3. The summed E-state index contributed by atoms with van der Waals surface area (Å²) in [6.45, 7) is 4.34. The summed E-state index contributed by atoms with van der Waals surface area (Å²) in [5.74, 6) is 0. The molecule has 1 unspecified atom stereocenters. The van der Waals surface area contributed by atoms with E-state index in [1.54, 1.807) is 0 Å². The Morgan fingerprint density at radius 3 is 2.50 bits per heavy atom. The van der Waals surface area contributed by atoms with Crippen LogP contribution in [0.2, 0.25) is 0 Å². The molecule has 0 aliphatic rings. The van der Waals surface area contributed by atoms with E-state index in [1.807, 2.05) is 31.2 Å². The highest BCUT2D eigenvalue weighted by atomic mass is 127. The van der Waals surface area contributed by atoms with E-state index >= 15 is 0 Å². The highest BCUT2D eigenvalue weighted by Gasteiger charge is 2.12. The molecule has 0 spiro atoms. The minimum Gasteiger partial charge on any atom is -0.431 e. The van der Waals surface area contributed by atoms with Crippen LogP contribution >= 0.6 is 22.6 Å². The number of halogens is 1. The van der Waals surface area contributed by atoms with E-state index < -0.39 is 6.16 Å². The largest absolute Gasteiger partial charge is 0.508 e. The van der Waals surface area contributed by atoms with Crippen LogP contribution in [0.4, 0.5) is 4.79 Å². The van der Waals surface area contributed by atoms with E-state index in [-0.39, 0.29) is 12.7 Å². The molecule has 0 aliphatic carbocycles. The molecule has 1 aromatic rings. The van der Waals surface area contributed by atoms with Crippen LogP contribution in [-0.4, -0.2) is 12.3 Å². The molecular formula is C14H19IO3. The van der Waals surface area contributed by atoms with E-state index in [1.165, 1.54) is 0 Å². The van der Waals surface area contributed by atoms with Crippen LogP contribution in [0.1, 0.15) is 38.7 Å². The summed E-state index contributed by atoms with van der Waals surface area (Å²) in [5.41, 5.74) is 0.968. The van der Waals surface area contributed by atoms with Gasteiger partial charge in [-0.2, -0.15) is 0 Å². The lowest BCUT2D eigenvalue weighted by atomic mass is 10.2. The first-order valence-electron chi connectivity index (χ1n) is 6.23. The minimum atomic E-state index is -0.575. The number of hydrogen-bond donors (Lipinski definition) is 0. The molecule has 0 saturated carbocycles. The third-order valence-electron chi connectivity index (χ3n) is 2.60. The van der Waals surface area contributed by atoms with Gasteiger partial charge in [0, 0.05) is 3.57 Å². The third-order valence-corrected chi connectivity index (χ3v) is 3.32. The Kier molecular flexibility index (Phi) is 7.08. The van der Waals surface area contributed by atoms with E-state index in [0.717, 1.165) is 28.4 Å². The molecule has 0 amide bonds. The predicted octanol–water partition coefficient (Wildman–Crippen LogP) is 4.52. The van der Waals surface area contributed by atoms with Crippen molar-refractivity contribution in [2.24, 2.45) is 0 Å². The molecule has 0 N–H and O–H groups in total. The summed E-state index contributed by atoms with van der Waals surface area (Å²) in [4.78, 5) is 11.5. The van der Waals surface area contributed by atoms with Gasteiger partial charge in [-0.25, -0.2) is 4.79 Å². The number of carbonyl (C=O) groups is 1. The Hall–Kier alpha value is -0.780. The molecule has 0 radical (unpaired) electrons. The summed E-state index contributed by atoms with van der Waals surface area (Å²) in [7, 11) is 0. The lowest BCUT2D eigenvalue weighted by Crippen LogP contribution is -2.18. The van der Waals surface area contributed by atoms with Crippen molar-refractivity contribution in [3.63, 3.8) is 0 Å². The van der Waals surface area contributed by atoms with Crippen molar-refractivity contribution in [2.75, 3.05) is 0 Å². The summed E-state index contributed by atoms with van der Waals surface area (Å²) < 4.78 is 11.5. The highest BCUT2D eigenvalue weighted by molar-refractivity contribution is 14.1. The zero-order valence-corrected chi connectivity index (χ0v) is 13.0. The molecule has 1 aromatic carbocycles. The number of rotatable bonds is 6. The molecule has 18 heavy (non-hydrogen) atoms. The first-order chi connectivity index (χ1) is 8.65. The standard InChI is InChI=1S/C14H19IO3/c1-3-5-13(4-2)18-14(16)17-10-11-6-8-12(15)9-7-11/h6-9,13H,3-5,10H2,1-2H3. The molecule has 100 valence electrons. The fourth-order valence-corrected chi connectivity index (χ4v) is 1.92. The van der Waals surface area contributed by atoms with Crippen LogP contribution in [0.5, 0.6) is 0 Å². The van der Waals surface area contributed by atoms with Gasteiger partial charge in [0.1, 0.15) is 12.7 Å². The predicted molar refractivity (Wildman–Crippen MR) is 79.4 cm³/mol. The lowest BCUT2D eigenvalue weighted by molar-refractivity contribution is 0.0150. The van der Waals surface area contributed by atoms with Crippen molar-refractivity contribution in [2.45, 2.75) is 45.8 Å². The molecule has 4 heteroatoms. The number of ether oxygens (including phenoxy) is 2. The SMILES string of the molecule is CCCC(CC)OC(=O)OCc1ccc(I)cc1. The lowest BCUT2D eigenvalue weighted by Gasteiger charge is -2.14. The van der Waals surface area contributed by atoms with Crippen LogP contribution in [-0.2, 0) is 16.1 Å². The molecule has 0 aliphatic heterocycles. The maximum absolute atomic E-state index is 11.5. The van der Waals surface area contributed by atoms with E-state index in [0.29, 0.717) is 0 Å². The minimum absolute atomic E-state index is 0.0285. The zero-order valence-electron chi connectivity index (χ0n) is 10.8. The normalized spacial score (nSPS) is 11.9. The second-order valence-electron chi connectivity index (χ2n) is 4.10. The first-order valence-corrected chi connectivity index (χ1v) is 7.31. The van der Waals surface area contributed by atoms with Crippen molar-refractivity contribution < 1.29 is 14.3 Å². The van der Waals surface area contributed by atoms with E-state index in [2.05, 4.69) is 29.5 Å². The summed E-state index contributed by atoms with van der Waals surface area (Å²) in [6, 6.07) is 7.85. The van der Waals surface area contributed by atoms with Crippen LogP contribution in [0.3, 0.4) is 0 Å². The van der Waals surface area contributed by atoms with Crippen LogP contribution < -0.4 is 0 Å². The fraction of sp³-hybridized carbons (Fsp3) is 0.500. The monoisotopic (exact) mass is 362 g/mol. The molecule has 0 aromatic heterocycles. The second-order valence-corrected chi connectivity index (χ2v) is 5.35. The topological polar surface area (TPSA) is 35.5 Å². The van der Waals surface area contributed by atoms with Gasteiger partial charge < -0.3 is 9.47 Å². The molecule has 1 atom stereocenters. The van der Waals surface area contributed by atoms with Gasteiger partial charge in [-0.15, -0.1) is 0 Å². The third kappa shape index (κ3) is 5.71. The average Bonchev–Trinajstić information content (AvgIpc) is 2.37. The van der Waals surface area contributed by atoms with Gasteiger partial charge in [-0.3, -0.25) is 0 Å². The van der Waals surface area contributed by atoms with Gasteiger partial charge in [0.15, 0.2) is 0 Å². The summed E-state index contributed by atoms with van der Waals surface area (Å²) in [6.07, 6.45) is 2.11. The van der Waals surface area contributed by atoms with Crippen molar-refractivity contribution in [1.29, 1.82) is 0 Å². The van der Waals surface area contributed by atoms with Gasteiger partial charge >= 0.3 is 6.16 Å². The Bertz CT molecular complexity index is 362. The fourth-order valence-electron chi connectivity index (χ4n) is 1.56. The average molecular weight is 362 g/mol.